The highest BCUT2D eigenvalue weighted by atomic mass is 14.9. The van der Waals surface area contributed by atoms with Gasteiger partial charge in [-0.25, -0.2) is 0 Å². The van der Waals surface area contributed by atoms with Crippen LogP contribution in [0.1, 0.15) is 37.8 Å². The molecule has 2 aromatic carbocycles. The number of allylic oxidation sites excluding steroid dienone is 8. The number of nitrogens with one attached hydrogen (secondary N) is 1. The SMILES string of the molecule is CC1(C)c2ccccc2-c2ccc(NC3C=CC(C4=CC=CCC=C4)=CC3)cc21. The zero-order valence-corrected chi connectivity index (χ0v) is 17.2. The predicted octanol–water partition coefficient (Wildman–Crippen LogP) is 7.10. The maximum Gasteiger partial charge on any atom is 0.0482 e. The van der Waals surface area contributed by atoms with Crippen LogP contribution in [0.25, 0.3) is 11.1 Å². The van der Waals surface area contributed by atoms with Gasteiger partial charge in [0.2, 0.25) is 0 Å². The molecule has 1 N–H and O–H groups in total. The standard InChI is InChI=1S/C28H27N/c1-28(2)26-12-8-7-11-24(26)25-18-17-23(19-27(25)28)29-22-15-13-21(14-16-22)20-9-5-3-4-6-10-20/h3,5-15,17-19,22,29H,4,16H2,1-2H3. The van der Waals surface area contributed by atoms with Crippen LogP contribution in [-0.4, -0.2) is 6.04 Å². The molecule has 0 radical (unpaired) electrons. The average molecular weight is 378 g/mol. The minimum Gasteiger partial charge on any atom is -0.379 e. The fraction of sp³-hybridized carbons (Fsp3) is 0.214. The molecule has 0 bridgehead atoms. The number of rotatable bonds is 3. The first-order valence-corrected chi connectivity index (χ1v) is 10.6. The third-order valence-corrected chi connectivity index (χ3v) is 6.35. The van der Waals surface area contributed by atoms with Gasteiger partial charge in [-0.05, 0) is 58.4 Å². The molecule has 1 unspecified atom stereocenters. The third kappa shape index (κ3) is 3.21. The monoisotopic (exact) mass is 377 g/mol. The average Bonchev–Trinajstić information content (AvgIpc) is 2.92. The summed E-state index contributed by atoms with van der Waals surface area (Å²) in [5.41, 5.74) is 9.46. The van der Waals surface area contributed by atoms with E-state index >= 15 is 0 Å². The lowest BCUT2D eigenvalue weighted by Crippen LogP contribution is -2.19. The van der Waals surface area contributed by atoms with Crippen molar-refractivity contribution in [3.8, 4) is 11.1 Å². The molecule has 144 valence electrons. The second-order valence-electron chi connectivity index (χ2n) is 8.62. The number of benzene rings is 2. The Labute approximate surface area is 173 Å². The van der Waals surface area contributed by atoms with Crippen molar-refractivity contribution in [1.82, 2.24) is 0 Å². The van der Waals surface area contributed by atoms with Gasteiger partial charge in [-0.3, -0.25) is 0 Å². The Kier molecular flexibility index (Phi) is 4.39. The highest BCUT2D eigenvalue weighted by Gasteiger charge is 2.35. The molecule has 0 heterocycles. The van der Waals surface area contributed by atoms with Gasteiger partial charge in [0.05, 0.1) is 0 Å². The Hall–Kier alpha value is -3.06. The molecule has 0 saturated heterocycles. The Morgan fingerprint density at radius 3 is 2.62 bits per heavy atom. The zero-order chi connectivity index (χ0) is 19.8. The molecular weight excluding hydrogens is 350 g/mol. The van der Waals surface area contributed by atoms with Crippen LogP contribution in [0.15, 0.2) is 102 Å². The second kappa shape index (κ2) is 7.08. The van der Waals surface area contributed by atoms with Gasteiger partial charge in [0, 0.05) is 17.1 Å². The lowest BCUT2D eigenvalue weighted by Gasteiger charge is -2.23. The Balaban J connectivity index is 1.35. The Morgan fingerprint density at radius 1 is 0.897 bits per heavy atom. The molecule has 29 heavy (non-hydrogen) atoms. The van der Waals surface area contributed by atoms with E-state index in [0.29, 0.717) is 6.04 Å². The van der Waals surface area contributed by atoms with E-state index in [1.54, 1.807) is 0 Å². The van der Waals surface area contributed by atoms with Crippen molar-refractivity contribution in [3.05, 3.63) is 113 Å². The summed E-state index contributed by atoms with van der Waals surface area (Å²) in [5, 5.41) is 3.73. The van der Waals surface area contributed by atoms with Crippen LogP contribution in [0.4, 0.5) is 5.69 Å². The molecule has 1 nitrogen and oxygen atoms in total. The van der Waals surface area contributed by atoms with Gasteiger partial charge in [-0.15, -0.1) is 0 Å². The minimum absolute atomic E-state index is 0.0465. The third-order valence-electron chi connectivity index (χ3n) is 6.35. The summed E-state index contributed by atoms with van der Waals surface area (Å²) in [6.45, 7) is 4.67. The summed E-state index contributed by atoms with van der Waals surface area (Å²) < 4.78 is 0. The lowest BCUT2D eigenvalue weighted by atomic mass is 9.82. The van der Waals surface area contributed by atoms with Crippen molar-refractivity contribution in [2.24, 2.45) is 0 Å². The molecular formula is C28H27N. The first-order chi connectivity index (χ1) is 14.1. The molecule has 0 fully saturated rings. The van der Waals surface area contributed by atoms with Crippen LogP contribution < -0.4 is 5.32 Å². The highest BCUT2D eigenvalue weighted by molar-refractivity contribution is 5.82. The van der Waals surface area contributed by atoms with E-state index in [9.17, 15) is 0 Å². The fourth-order valence-electron chi connectivity index (χ4n) is 4.72. The summed E-state index contributed by atoms with van der Waals surface area (Å²) in [6, 6.07) is 16.0. The highest BCUT2D eigenvalue weighted by Crippen LogP contribution is 2.49. The van der Waals surface area contributed by atoms with E-state index in [-0.39, 0.29) is 5.41 Å². The van der Waals surface area contributed by atoms with Crippen LogP contribution in [0.2, 0.25) is 0 Å². The lowest BCUT2D eigenvalue weighted by molar-refractivity contribution is 0.660. The number of hydrogen-bond donors (Lipinski definition) is 1. The summed E-state index contributed by atoms with van der Waals surface area (Å²) in [6.07, 6.45) is 19.9. The summed E-state index contributed by atoms with van der Waals surface area (Å²) in [5.74, 6) is 0. The van der Waals surface area contributed by atoms with Crippen LogP contribution in [0.5, 0.6) is 0 Å². The zero-order valence-electron chi connectivity index (χ0n) is 17.2. The molecule has 0 amide bonds. The first-order valence-electron chi connectivity index (χ1n) is 10.6. The molecule has 0 saturated carbocycles. The molecule has 3 aliphatic rings. The second-order valence-corrected chi connectivity index (χ2v) is 8.62. The molecule has 5 rings (SSSR count). The fourth-order valence-corrected chi connectivity index (χ4v) is 4.72. The van der Waals surface area contributed by atoms with Crippen molar-refractivity contribution < 1.29 is 0 Å². The number of hydrogen-bond acceptors (Lipinski definition) is 1. The van der Waals surface area contributed by atoms with Crippen LogP contribution in [0, 0.1) is 0 Å². The van der Waals surface area contributed by atoms with Gasteiger partial charge in [-0.1, -0.05) is 92.8 Å². The van der Waals surface area contributed by atoms with Crippen LogP contribution >= 0.6 is 0 Å². The molecule has 3 aliphatic carbocycles. The topological polar surface area (TPSA) is 12.0 Å². The van der Waals surface area contributed by atoms with E-state index in [0.717, 1.165) is 12.8 Å². The van der Waals surface area contributed by atoms with Gasteiger partial charge in [0.15, 0.2) is 0 Å². The smallest absolute Gasteiger partial charge is 0.0482 e. The largest absolute Gasteiger partial charge is 0.379 e. The minimum atomic E-state index is 0.0465. The quantitative estimate of drug-likeness (QED) is 0.601. The Morgan fingerprint density at radius 2 is 1.76 bits per heavy atom. The van der Waals surface area contributed by atoms with E-state index in [1.165, 1.54) is 39.1 Å². The number of anilines is 1. The van der Waals surface area contributed by atoms with E-state index in [2.05, 4.69) is 110 Å². The van der Waals surface area contributed by atoms with E-state index in [1.807, 2.05) is 0 Å². The molecule has 0 aromatic heterocycles. The first kappa shape index (κ1) is 18.0. The Bertz CT molecular complexity index is 1100. The van der Waals surface area contributed by atoms with Crippen molar-refractivity contribution in [2.75, 3.05) is 5.32 Å². The van der Waals surface area contributed by atoms with Gasteiger partial charge in [-0.2, -0.15) is 0 Å². The van der Waals surface area contributed by atoms with Crippen LogP contribution in [0.3, 0.4) is 0 Å². The summed E-state index contributed by atoms with van der Waals surface area (Å²) in [7, 11) is 0. The molecule has 1 atom stereocenters. The van der Waals surface area contributed by atoms with Crippen molar-refractivity contribution >= 4 is 5.69 Å². The van der Waals surface area contributed by atoms with Gasteiger partial charge >= 0.3 is 0 Å². The maximum absolute atomic E-state index is 3.73. The van der Waals surface area contributed by atoms with Crippen LogP contribution in [-0.2, 0) is 5.41 Å². The molecule has 1 heteroatoms. The predicted molar refractivity (Wildman–Crippen MR) is 124 cm³/mol. The number of fused-ring (bicyclic) bond motifs is 3. The van der Waals surface area contributed by atoms with Gasteiger partial charge < -0.3 is 5.32 Å². The van der Waals surface area contributed by atoms with Crippen molar-refractivity contribution in [3.63, 3.8) is 0 Å². The molecule has 0 spiro atoms. The van der Waals surface area contributed by atoms with E-state index in [4.69, 9.17) is 0 Å². The maximum atomic E-state index is 3.73. The summed E-state index contributed by atoms with van der Waals surface area (Å²) >= 11 is 0. The normalized spacial score (nSPS) is 21.1. The van der Waals surface area contributed by atoms with Gasteiger partial charge in [0.1, 0.15) is 0 Å². The van der Waals surface area contributed by atoms with E-state index < -0.39 is 0 Å². The van der Waals surface area contributed by atoms with Gasteiger partial charge in [0.25, 0.3) is 0 Å². The molecule has 2 aromatic rings. The van der Waals surface area contributed by atoms with Crippen molar-refractivity contribution in [1.29, 1.82) is 0 Å². The molecule has 0 aliphatic heterocycles. The van der Waals surface area contributed by atoms with Crippen molar-refractivity contribution in [2.45, 2.75) is 38.1 Å². The summed E-state index contributed by atoms with van der Waals surface area (Å²) in [4.78, 5) is 0.